The van der Waals surface area contributed by atoms with E-state index in [0.717, 1.165) is 88.7 Å². The number of aromatic nitrogens is 1. The Morgan fingerprint density at radius 3 is 1.67 bits per heavy atom. The highest BCUT2D eigenvalue weighted by Crippen LogP contribution is 2.40. The van der Waals surface area contributed by atoms with Crippen LogP contribution in [0, 0.1) is 5.82 Å². The summed E-state index contributed by atoms with van der Waals surface area (Å²) in [7, 11) is 0. The third-order valence-electron chi connectivity index (χ3n) is 11.3. The second-order valence-electron chi connectivity index (χ2n) is 14.7. The van der Waals surface area contributed by atoms with Gasteiger partial charge in [-0.1, -0.05) is 133 Å². The topological polar surface area (TPSA) is 21.3 Å². The van der Waals surface area contributed by atoms with E-state index in [9.17, 15) is 4.39 Å². The molecule has 11 rings (SSSR count). The zero-order valence-electron chi connectivity index (χ0n) is 31.4. The van der Waals surface area contributed by atoms with Gasteiger partial charge in [0.1, 0.15) is 17.0 Å². The number of benzene rings is 9. The van der Waals surface area contributed by atoms with Crippen LogP contribution in [0.25, 0.3) is 82.8 Å². The van der Waals surface area contributed by atoms with Crippen molar-refractivity contribution in [3.63, 3.8) is 0 Å². The molecule has 0 unspecified atom stereocenters. The molecular formula is C54H35FN2O. The van der Waals surface area contributed by atoms with Crippen LogP contribution in [0.5, 0.6) is 0 Å². The highest BCUT2D eigenvalue weighted by Gasteiger charge is 2.17. The third kappa shape index (κ3) is 5.74. The summed E-state index contributed by atoms with van der Waals surface area (Å²) in [6, 6.07) is 73.2. The van der Waals surface area contributed by atoms with Crippen LogP contribution in [0.1, 0.15) is 0 Å². The van der Waals surface area contributed by atoms with E-state index >= 15 is 0 Å². The van der Waals surface area contributed by atoms with Crippen LogP contribution in [0.2, 0.25) is 0 Å². The molecule has 0 saturated heterocycles. The highest BCUT2D eigenvalue weighted by atomic mass is 19.1. The maximum absolute atomic E-state index is 14.4. The first kappa shape index (κ1) is 33.6. The Labute approximate surface area is 335 Å². The van der Waals surface area contributed by atoms with Gasteiger partial charge in [-0.25, -0.2) is 4.39 Å². The number of fused-ring (bicyclic) bond motifs is 6. The van der Waals surface area contributed by atoms with Gasteiger partial charge in [-0.3, -0.25) is 0 Å². The average Bonchev–Trinajstić information content (AvgIpc) is 3.83. The minimum atomic E-state index is -0.235. The van der Waals surface area contributed by atoms with Gasteiger partial charge in [-0.2, -0.15) is 0 Å². The van der Waals surface area contributed by atoms with Gasteiger partial charge in [0.05, 0.1) is 11.0 Å². The normalized spacial score (nSPS) is 11.5. The van der Waals surface area contributed by atoms with E-state index in [0.29, 0.717) is 0 Å². The number of halogens is 1. The molecule has 2 aromatic heterocycles. The lowest BCUT2D eigenvalue weighted by Crippen LogP contribution is -2.09. The second-order valence-corrected chi connectivity index (χ2v) is 14.7. The Balaban J connectivity index is 0.974. The van der Waals surface area contributed by atoms with Crippen molar-refractivity contribution in [1.82, 2.24) is 4.57 Å². The largest absolute Gasteiger partial charge is 0.455 e. The van der Waals surface area contributed by atoms with Crippen LogP contribution >= 0.6 is 0 Å². The van der Waals surface area contributed by atoms with E-state index in [-0.39, 0.29) is 5.82 Å². The number of rotatable bonds is 7. The van der Waals surface area contributed by atoms with Crippen molar-refractivity contribution in [1.29, 1.82) is 0 Å². The van der Waals surface area contributed by atoms with Gasteiger partial charge in [0.15, 0.2) is 0 Å². The van der Waals surface area contributed by atoms with Gasteiger partial charge in [-0.15, -0.1) is 0 Å². The summed E-state index contributed by atoms with van der Waals surface area (Å²) in [5, 5.41) is 4.18. The summed E-state index contributed by atoms with van der Waals surface area (Å²) < 4.78 is 23.0. The predicted molar refractivity (Wildman–Crippen MR) is 239 cm³/mol. The molecule has 0 atom stereocenters. The number of nitrogens with zero attached hydrogens (tertiary/aromatic N) is 2. The Morgan fingerprint density at radius 2 is 0.931 bits per heavy atom. The zero-order valence-corrected chi connectivity index (χ0v) is 31.4. The van der Waals surface area contributed by atoms with Gasteiger partial charge < -0.3 is 13.9 Å². The van der Waals surface area contributed by atoms with Gasteiger partial charge in [0.25, 0.3) is 0 Å². The quantitative estimate of drug-likeness (QED) is 0.162. The van der Waals surface area contributed by atoms with Crippen molar-refractivity contribution in [2.75, 3.05) is 4.90 Å². The summed E-state index contributed by atoms with van der Waals surface area (Å²) in [4.78, 5) is 2.30. The lowest BCUT2D eigenvalue weighted by atomic mass is 10.0. The standard InChI is InChI=1S/C54H35FN2O/c55-41-26-33-52-50(35-41)47-14-4-6-18-51(47)57(52)45-13-8-12-40(34-45)38-22-29-43(30-23-38)56(42-27-20-37(21-28-42)36-10-2-1-3-11-36)44-31-24-39(25-32-44)46-16-9-17-49-48-15-5-7-19-53(48)58-54(46)49/h1-35H. The fraction of sp³-hybridized carbons (Fsp3) is 0. The Bertz CT molecular complexity index is 3270. The summed E-state index contributed by atoms with van der Waals surface area (Å²) >= 11 is 0. The highest BCUT2D eigenvalue weighted by molar-refractivity contribution is 6.10. The molecule has 58 heavy (non-hydrogen) atoms. The molecule has 0 radical (unpaired) electrons. The first-order valence-corrected chi connectivity index (χ1v) is 19.5. The molecule has 0 aliphatic heterocycles. The van der Waals surface area contributed by atoms with Gasteiger partial charge >= 0.3 is 0 Å². The van der Waals surface area contributed by atoms with E-state index in [1.54, 1.807) is 6.07 Å². The van der Waals surface area contributed by atoms with E-state index in [2.05, 4.69) is 173 Å². The van der Waals surface area contributed by atoms with Crippen LogP contribution in [0.3, 0.4) is 0 Å². The number of furan rings is 1. The monoisotopic (exact) mass is 746 g/mol. The third-order valence-corrected chi connectivity index (χ3v) is 11.3. The molecule has 274 valence electrons. The molecule has 11 aromatic rings. The first-order chi connectivity index (χ1) is 28.7. The van der Waals surface area contributed by atoms with Crippen molar-refractivity contribution in [2.24, 2.45) is 0 Å². The summed E-state index contributed by atoms with van der Waals surface area (Å²) in [6.45, 7) is 0. The molecule has 0 aliphatic carbocycles. The molecule has 4 heteroatoms. The molecule has 0 spiro atoms. The Morgan fingerprint density at radius 1 is 0.379 bits per heavy atom. The lowest BCUT2D eigenvalue weighted by Gasteiger charge is -2.26. The maximum Gasteiger partial charge on any atom is 0.143 e. The minimum absolute atomic E-state index is 0.235. The molecule has 0 saturated carbocycles. The fourth-order valence-electron chi connectivity index (χ4n) is 8.50. The molecule has 0 bridgehead atoms. The van der Waals surface area contributed by atoms with Crippen LogP contribution < -0.4 is 4.90 Å². The number of para-hydroxylation sites is 3. The molecule has 2 heterocycles. The van der Waals surface area contributed by atoms with Gasteiger partial charge in [0, 0.05) is 49.9 Å². The molecule has 9 aromatic carbocycles. The van der Waals surface area contributed by atoms with Gasteiger partial charge in [-0.05, 0) is 107 Å². The number of hydrogen-bond donors (Lipinski definition) is 0. The second kappa shape index (κ2) is 13.8. The lowest BCUT2D eigenvalue weighted by molar-refractivity contribution is 0.629. The van der Waals surface area contributed by atoms with Gasteiger partial charge in [0.2, 0.25) is 0 Å². The average molecular weight is 747 g/mol. The Hall–Kier alpha value is -7.69. The van der Waals surface area contributed by atoms with Crippen molar-refractivity contribution >= 4 is 60.8 Å². The number of anilines is 3. The molecule has 0 aliphatic rings. The molecular weight excluding hydrogens is 712 g/mol. The summed E-state index contributed by atoms with van der Waals surface area (Å²) in [5.41, 5.74) is 14.7. The SMILES string of the molecule is Fc1ccc2c(c1)c1ccccc1n2-c1cccc(-c2ccc(N(c3ccc(-c4ccccc4)cc3)c3ccc(-c4cccc5c4oc4ccccc45)cc3)cc2)c1. The molecule has 0 N–H and O–H groups in total. The van der Waals surface area contributed by atoms with E-state index in [1.807, 2.05) is 36.4 Å². The van der Waals surface area contributed by atoms with Crippen LogP contribution in [0.4, 0.5) is 21.5 Å². The van der Waals surface area contributed by atoms with Crippen molar-refractivity contribution in [3.8, 4) is 39.1 Å². The molecule has 0 fully saturated rings. The molecule has 0 amide bonds. The first-order valence-electron chi connectivity index (χ1n) is 19.5. The smallest absolute Gasteiger partial charge is 0.143 e. The van der Waals surface area contributed by atoms with Crippen molar-refractivity contribution in [3.05, 3.63) is 218 Å². The van der Waals surface area contributed by atoms with Crippen molar-refractivity contribution < 1.29 is 8.81 Å². The minimum Gasteiger partial charge on any atom is -0.455 e. The maximum atomic E-state index is 14.4. The van der Waals surface area contributed by atoms with Crippen LogP contribution in [-0.4, -0.2) is 4.57 Å². The van der Waals surface area contributed by atoms with E-state index in [4.69, 9.17) is 4.42 Å². The van der Waals surface area contributed by atoms with Crippen LogP contribution in [0.15, 0.2) is 217 Å². The Kier molecular flexibility index (Phi) is 8.00. The van der Waals surface area contributed by atoms with E-state index < -0.39 is 0 Å². The fourth-order valence-corrected chi connectivity index (χ4v) is 8.50. The van der Waals surface area contributed by atoms with E-state index in [1.165, 1.54) is 17.2 Å². The zero-order chi connectivity index (χ0) is 38.6. The summed E-state index contributed by atoms with van der Waals surface area (Å²) in [6.07, 6.45) is 0. The summed E-state index contributed by atoms with van der Waals surface area (Å²) in [5.74, 6) is -0.235. The van der Waals surface area contributed by atoms with Crippen LogP contribution in [-0.2, 0) is 0 Å². The molecule has 3 nitrogen and oxygen atoms in total. The van der Waals surface area contributed by atoms with Crippen molar-refractivity contribution in [2.45, 2.75) is 0 Å². The predicted octanol–water partition coefficient (Wildman–Crippen LogP) is 15.3. The number of hydrogen-bond acceptors (Lipinski definition) is 2.